The van der Waals surface area contributed by atoms with Gasteiger partial charge in [-0.3, -0.25) is 4.79 Å². The van der Waals surface area contributed by atoms with Gasteiger partial charge in [0.05, 0.1) is 18.4 Å². The van der Waals surface area contributed by atoms with E-state index in [0.29, 0.717) is 38.8 Å². The molecule has 0 saturated carbocycles. The van der Waals surface area contributed by atoms with Crippen molar-refractivity contribution < 1.29 is 17.9 Å². The van der Waals surface area contributed by atoms with E-state index in [1.54, 1.807) is 6.92 Å². The van der Waals surface area contributed by atoms with Gasteiger partial charge in [-0.1, -0.05) is 42.5 Å². The van der Waals surface area contributed by atoms with Crippen molar-refractivity contribution in [2.75, 3.05) is 18.9 Å². The second kappa shape index (κ2) is 8.78. The Bertz CT molecular complexity index is 1020. The normalized spacial score (nSPS) is 22.2. The summed E-state index contributed by atoms with van der Waals surface area (Å²) in [5, 5.41) is 0. The van der Waals surface area contributed by atoms with Crippen molar-refractivity contribution in [2.45, 2.75) is 44.7 Å². The predicted molar refractivity (Wildman–Crippen MR) is 117 cm³/mol. The van der Waals surface area contributed by atoms with Crippen LogP contribution in [0.3, 0.4) is 0 Å². The minimum atomic E-state index is -3.34. The molecule has 2 aromatic carbocycles. The molecule has 160 valence electrons. The Hall–Kier alpha value is -2.38. The predicted octanol–water partition coefficient (Wildman–Crippen LogP) is 2.98. The van der Waals surface area contributed by atoms with E-state index in [9.17, 15) is 13.2 Å². The van der Waals surface area contributed by atoms with Crippen LogP contribution in [0.4, 0.5) is 0 Å². The van der Waals surface area contributed by atoms with Crippen LogP contribution in [0, 0.1) is 0 Å². The maximum atomic E-state index is 12.9. The van der Waals surface area contributed by atoms with Crippen LogP contribution < -0.4 is 9.46 Å². The summed E-state index contributed by atoms with van der Waals surface area (Å²) in [6.07, 6.45) is 2.26. The number of carbonyl (C=O) groups excluding carboxylic acids is 1. The van der Waals surface area contributed by atoms with Crippen molar-refractivity contribution in [2.24, 2.45) is 0 Å². The lowest BCUT2D eigenvalue weighted by molar-refractivity contribution is -0.132. The van der Waals surface area contributed by atoms with Gasteiger partial charge in [0.15, 0.2) is 0 Å². The van der Waals surface area contributed by atoms with Gasteiger partial charge in [-0.15, -0.1) is 0 Å². The van der Waals surface area contributed by atoms with E-state index < -0.39 is 10.0 Å². The van der Waals surface area contributed by atoms with Gasteiger partial charge in [0.2, 0.25) is 15.9 Å². The molecule has 0 spiro atoms. The minimum Gasteiger partial charge on any atom is -0.493 e. The highest BCUT2D eigenvalue weighted by atomic mass is 32.2. The summed E-state index contributed by atoms with van der Waals surface area (Å²) in [6, 6.07) is 15.7. The Balaban J connectivity index is 1.70. The number of nitrogens with zero attached hydrogens (tertiary/aromatic N) is 1. The number of para-hydroxylation sites is 1. The average Bonchev–Trinajstić information content (AvgIpc) is 3.12. The van der Waals surface area contributed by atoms with Crippen LogP contribution in [-0.2, 0) is 21.2 Å². The summed E-state index contributed by atoms with van der Waals surface area (Å²) in [5.74, 6) is 0.911. The summed E-state index contributed by atoms with van der Waals surface area (Å²) in [6.45, 7) is 2.67. The number of fused-ring (bicyclic) bond motifs is 5. The Morgan fingerprint density at radius 1 is 1.17 bits per heavy atom. The first-order valence-electron chi connectivity index (χ1n) is 10.6. The average molecular weight is 429 g/mol. The third kappa shape index (κ3) is 4.52. The molecule has 0 aromatic heterocycles. The number of hydrogen-bond donors (Lipinski definition) is 1. The summed E-state index contributed by atoms with van der Waals surface area (Å²) in [4.78, 5) is 14.8. The van der Waals surface area contributed by atoms with Crippen LogP contribution >= 0.6 is 0 Å². The molecule has 1 fully saturated rings. The summed E-state index contributed by atoms with van der Waals surface area (Å²) in [7, 11) is -3.34. The lowest BCUT2D eigenvalue weighted by atomic mass is 9.96. The fourth-order valence-electron chi connectivity index (χ4n) is 4.35. The molecule has 2 atom stereocenters. The smallest absolute Gasteiger partial charge is 0.223 e. The Labute approximate surface area is 178 Å². The van der Waals surface area contributed by atoms with E-state index in [4.69, 9.17) is 4.74 Å². The summed E-state index contributed by atoms with van der Waals surface area (Å²) >= 11 is 0. The van der Waals surface area contributed by atoms with Crippen LogP contribution in [0.2, 0.25) is 0 Å². The highest BCUT2D eigenvalue weighted by molar-refractivity contribution is 7.89. The molecule has 0 aliphatic carbocycles. The fraction of sp³-hybridized carbons (Fsp3) is 0.435. The third-order valence-corrected chi connectivity index (χ3v) is 7.36. The molecular formula is C23H28N2O4S. The Kier molecular flexibility index (Phi) is 6.11. The maximum Gasteiger partial charge on any atom is 0.223 e. The number of carbonyl (C=O) groups is 1. The second-order valence-electron chi connectivity index (χ2n) is 7.92. The van der Waals surface area contributed by atoms with Crippen LogP contribution in [0.25, 0.3) is 11.1 Å². The SMILES string of the molecule is CCS(=O)(=O)NC1CCN2C(=O)CCCOc3ccccc3-c3cccc(c3)CC12. The highest BCUT2D eigenvalue weighted by Crippen LogP contribution is 2.32. The standard InChI is InChI=1S/C23H28N2O4S/c1-2-30(27,28)24-20-12-13-25-21(20)16-17-7-5-8-18(15-17)19-9-3-4-10-22(19)29-14-6-11-23(25)26/h3-5,7-10,15,20-21,24H,2,6,11-14,16H2,1H3. The zero-order valence-electron chi connectivity index (χ0n) is 17.2. The highest BCUT2D eigenvalue weighted by Gasteiger charge is 2.38. The van der Waals surface area contributed by atoms with Crippen molar-refractivity contribution in [3.63, 3.8) is 0 Å². The van der Waals surface area contributed by atoms with E-state index in [2.05, 4.69) is 16.9 Å². The molecule has 4 rings (SSSR count). The zero-order chi connectivity index (χ0) is 21.1. The molecule has 1 N–H and O–H groups in total. The molecule has 2 aliphatic rings. The third-order valence-electron chi connectivity index (χ3n) is 5.94. The molecule has 2 unspecified atom stereocenters. The first-order chi connectivity index (χ1) is 14.5. The van der Waals surface area contributed by atoms with Crippen molar-refractivity contribution in [1.82, 2.24) is 9.62 Å². The molecule has 2 bridgehead atoms. The molecular weight excluding hydrogens is 400 g/mol. The van der Waals surface area contributed by atoms with Crippen LogP contribution in [0.15, 0.2) is 48.5 Å². The largest absolute Gasteiger partial charge is 0.493 e. The molecule has 2 heterocycles. The number of sulfonamides is 1. The number of ether oxygens (including phenoxy) is 1. The van der Waals surface area contributed by atoms with Gasteiger partial charge in [0.25, 0.3) is 0 Å². The van der Waals surface area contributed by atoms with Crippen molar-refractivity contribution in [3.05, 3.63) is 54.1 Å². The quantitative estimate of drug-likeness (QED) is 0.816. The molecule has 7 heteroatoms. The number of nitrogens with one attached hydrogen (secondary N) is 1. The second-order valence-corrected chi connectivity index (χ2v) is 9.97. The van der Waals surface area contributed by atoms with Gasteiger partial charge in [-0.05, 0) is 43.4 Å². The topological polar surface area (TPSA) is 75.7 Å². The number of rotatable bonds is 3. The van der Waals surface area contributed by atoms with Gasteiger partial charge in [-0.2, -0.15) is 0 Å². The first-order valence-corrected chi connectivity index (χ1v) is 12.2. The van der Waals surface area contributed by atoms with E-state index in [0.717, 1.165) is 22.4 Å². The number of amides is 1. The van der Waals surface area contributed by atoms with Gasteiger partial charge in [0.1, 0.15) is 5.75 Å². The lowest BCUT2D eigenvalue weighted by Crippen LogP contribution is -2.48. The van der Waals surface area contributed by atoms with Gasteiger partial charge in [-0.25, -0.2) is 13.1 Å². The van der Waals surface area contributed by atoms with Crippen molar-refractivity contribution >= 4 is 15.9 Å². The summed E-state index contributed by atoms with van der Waals surface area (Å²) in [5.41, 5.74) is 3.16. The van der Waals surface area contributed by atoms with Gasteiger partial charge < -0.3 is 9.64 Å². The van der Waals surface area contributed by atoms with E-state index >= 15 is 0 Å². The van der Waals surface area contributed by atoms with Crippen molar-refractivity contribution in [1.29, 1.82) is 0 Å². The van der Waals surface area contributed by atoms with E-state index in [1.165, 1.54) is 0 Å². The van der Waals surface area contributed by atoms with Crippen molar-refractivity contribution in [3.8, 4) is 16.9 Å². The molecule has 0 radical (unpaired) electrons. The zero-order valence-corrected chi connectivity index (χ0v) is 18.0. The summed E-state index contributed by atoms with van der Waals surface area (Å²) < 4.78 is 33.3. The molecule has 2 aromatic rings. The number of benzene rings is 2. The Morgan fingerprint density at radius 2 is 2.00 bits per heavy atom. The van der Waals surface area contributed by atoms with Gasteiger partial charge >= 0.3 is 0 Å². The monoisotopic (exact) mass is 428 g/mol. The maximum absolute atomic E-state index is 12.9. The van der Waals surface area contributed by atoms with Gasteiger partial charge in [0, 0.05) is 24.6 Å². The van der Waals surface area contributed by atoms with Crippen LogP contribution in [0.5, 0.6) is 5.75 Å². The van der Waals surface area contributed by atoms with E-state index in [-0.39, 0.29) is 23.7 Å². The molecule has 2 aliphatic heterocycles. The molecule has 30 heavy (non-hydrogen) atoms. The van der Waals surface area contributed by atoms with Crippen LogP contribution in [0.1, 0.15) is 31.7 Å². The molecule has 1 amide bonds. The van der Waals surface area contributed by atoms with E-state index in [1.807, 2.05) is 41.3 Å². The van der Waals surface area contributed by atoms with Crippen LogP contribution in [-0.4, -0.2) is 50.2 Å². The minimum absolute atomic E-state index is 0.0355. The first kappa shape index (κ1) is 20.9. The lowest BCUT2D eigenvalue weighted by Gasteiger charge is -2.29. The fourth-order valence-corrected chi connectivity index (χ4v) is 5.26. The number of hydrogen-bond acceptors (Lipinski definition) is 4. The molecule has 6 nitrogen and oxygen atoms in total. The molecule has 1 saturated heterocycles. The Morgan fingerprint density at radius 3 is 2.83 bits per heavy atom.